The van der Waals surface area contributed by atoms with Gasteiger partial charge in [-0.3, -0.25) is 4.79 Å². The van der Waals surface area contributed by atoms with Gasteiger partial charge in [0.05, 0.1) is 18.0 Å². The highest BCUT2D eigenvalue weighted by molar-refractivity contribution is 7.89. The van der Waals surface area contributed by atoms with Crippen LogP contribution in [0.2, 0.25) is 0 Å². The first-order chi connectivity index (χ1) is 14.9. The average molecular weight is 446 g/mol. The molecule has 1 saturated heterocycles. The smallest absolute Gasteiger partial charge is 0.243 e. The number of ether oxygens (including phenoxy) is 1. The minimum Gasteiger partial charge on any atom is -0.494 e. The van der Waals surface area contributed by atoms with Crippen LogP contribution >= 0.6 is 0 Å². The number of amides is 1. The fourth-order valence-electron chi connectivity index (χ4n) is 3.63. The predicted octanol–water partition coefficient (Wildman–Crippen LogP) is 2.31. The van der Waals surface area contributed by atoms with Gasteiger partial charge in [-0.05, 0) is 42.7 Å². The molecule has 2 aromatic carbocycles. The lowest BCUT2D eigenvalue weighted by Crippen LogP contribution is -2.50. The van der Waals surface area contributed by atoms with Crippen LogP contribution in [0.25, 0.3) is 0 Å². The normalized spacial score (nSPS) is 15.6. The summed E-state index contributed by atoms with van der Waals surface area (Å²) in [5.41, 5.74) is 1.03. The summed E-state index contributed by atoms with van der Waals surface area (Å²) in [4.78, 5) is 14.8. The molecule has 1 aliphatic rings. The van der Waals surface area contributed by atoms with Gasteiger partial charge in [-0.2, -0.15) is 4.31 Å². The monoisotopic (exact) mass is 445 g/mol. The van der Waals surface area contributed by atoms with E-state index in [0.717, 1.165) is 18.7 Å². The molecule has 1 heterocycles. The van der Waals surface area contributed by atoms with Gasteiger partial charge in [-0.15, -0.1) is 0 Å². The number of hydrogen-bond acceptors (Lipinski definition) is 5. The van der Waals surface area contributed by atoms with Crippen molar-refractivity contribution < 1.29 is 17.9 Å². The van der Waals surface area contributed by atoms with Crippen molar-refractivity contribution in [1.82, 2.24) is 14.5 Å². The molecule has 1 unspecified atom stereocenters. The van der Waals surface area contributed by atoms with E-state index in [1.54, 1.807) is 17.0 Å². The number of nitrogens with one attached hydrogen (secondary N) is 1. The lowest BCUT2D eigenvalue weighted by Gasteiger charge is -2.31. The topological polar surface area (TPSA) is 79.0 Å². The Kier molecular flexibility index (Phi) is 8.06. The summed E-state index contributed by atoms with van der Waals surface area (Å²) < 4.78 is 33.7. The predicted molar refractivity (Wildman–Crippen MR) is 121 cm³/mol. The van der Waals surface area contributed by atoms with E-state index in [1.807, 2.05) is 44.2 Å². The summed E-state index contributed by atoms with van der Waals surface area (Å²) >= 11 is 0. The number of hydrogen-bond donors (Lipinski definition) is 1. The van der Waals surface area contributed by atoms with Crippen LogP contribution in [0.15, 0.2) is 59.5 Å². The van der Waals surface area contributed by atoms with Gasteiger partial charge in [0.25, 0.3) is 0 Å². The second-order valence-electron chi connectivity index (χ2n) is 7.64. The van der Waals surface area contributed by atoms with Crippen LogP contribution in [0.4, 0.5) is 0 Å². The molecular formula is C23H31N3O4S. The minimum atomic E-state index is -3.85. The first kappa shape index (κ1) is 23.2. The summed E-state index contributed by atoms with van der Waals surface area (Å²) in [5.74, 6) is 0.383. The van der Waals surface area contributed by atoms with E-state index in [4.69, 9.17) is 4.74 Å². The fraction of sp³-hybridized carbons (Fsp3) is 0.435. The van der Waals surface area contributed by atoms with Crippen LogP contribution in [-0.4, -0.2) is 69.4 Å². The molecule has 31 heavy (non-hydrogen) atoms. The molecule has 0 bridgehead atoms. The fourth-order valence-corrected chi connectivity index (χ4v) is 5.11. The van der Waals surface area contributed by atoms with Crippen molar-refractivity contribution in [3.8, 4) is 5.75 Å². The molecule has 0 aliphatic carbocycles. The van der Waals surface area contributed by atoms with Crippen LogP contribution in [0.3, 0.4) is 0 Å². The third-order valence-corrected chi connectivity index (χ3v) is 7.23. The zero-order chi connectivity index (χ0) is 22.3. The molecular weight excluding hydrogens is 414 g/mol. The molecule has 7 nitrogen and oxygen atoms in total. The zero-order valence-electron chi connectivity index (χ0n) is 18.2. The van der Waals surface area contributed by atoms with Crippen molar-refractivity contribution in [2.75, 3.05) is 45.9 Å². The molecule has 0 radical (unpaired) electrons. The number of nitrogens with zero attached hydrogens (tertiary/aromatic N) is 2. The summed E-state index contributed by atoms with van der Waals surface area (Å²) in [6.07, 6.45) is 0. The van der Waals surface area contributed by atoms with Crippen molar-refractivity contribution >= 4 is 15.9 Å². The van der Waals surface area contributed by atoms with E-state index in [0.29, 0.717) is 25.4 Å². The third-order valence-electron chi connectivity index (χ3n) is 5.40. The number of sulfonamides is 1. The molecule has 1 amide bonds. The molecule has 0 spiro atoms. The molecule has 8 heteroatoms. The van der Waals surface area contributed by atoms with Gasteiger partial charge in [-0.1, -0.05) is 37.3 Å². The highest BCUT2D eigenvalue weighted by Gasteiger charge is 2.30. The first-order valence-electron chi connectivity index (χ1n) is 10.7. The number of benzene rings is 2. The van der Waals surface area contributed by atoms with Gasteiger partial charge in [0, 0.05) is 32.7 Å². The quantitative estimate of drug-likeness (QED) is 0.641. The second kappa shape index (κ2) is 10.7. The standard InChI is InChI=1S/C23H31N3O4S/c1-3-30-21-9-11-22(12-10-21)31(28,29)26(17-19(2)20-7-5-4-6-8-20)18-23(27)25-15-13-24-14-16-25/h4-12,19,24H,3,13-18H2,1-2H3. The Morgan fingerprint density at radius 3 is 2.35 bits per heavy atom. The van der Waals surface area contributed by atoms with Gasteiger partial charge in [0.15, 0.2) is 0 Å². The van der Waals surface area contributed by atoms with Crippen LogP contribution in [0, 0.1) is 0 Å². The van der Waals surface area contributed by atoms with E-state index < -0.39 is 10.0 Å². The zero-order valence-corrected chi connectivity index (χ0v) is 19.0. The summed E-state index contributed by atoms with van der Waals surface area (Å²) in [6.45, 7) is 7.02. The van der Waals surface area contributed by atoms with Crippen molar-refractivity contribution in [2.45, 2.75) is 24.7 Å². The largest absolute Gasteiger partial charge is 0.494 e. The van der Waals surface area contributed by atoms with Crippen LogP contribution < -0.4 is 10.1 Å². The molecule has 0 saturated carbocycles. The van der Waals surface area contributed by atoms with E-state index in [-0.39, 0.29) is 29.8 Å². The van der Waals surface area contributed by atoms with Gasteiger partial charge in [0.1, 0.15) is 5.75 Å². The molecule has 1 fully saturated rings. The van der Waals surface area contributed by atoms with Crippen LogP contribution in [0.1, 0.15) is 25.3 Å². The highest BCUT2D eigenvalue weighted by Crippen LogP contribution is 2.24. The van der Waals surface area contributed by atoms with Crippen LogP contribution in [-0.2, 0) is 14.8 Å². The van der Waals surface area contributed by atoms with Gasteiger partial charge < -0.3 is 15.0 Å². The molecule has 3 rings (SSSR count). The molecule has 168 valence electrons. The maximum atomic E-state index is 13.5. The SMILES string of the molecule is CCOc1ccc(S(=O)(=O)N(CC(=O)N2CCNCC2)CC(C)c2ccccc2)cc1. The number of piperazine rings is 1. The van der Waals surface area contributed by atoms with Crippen molar-refractivity contribution in [2.24, 2.45) is 0 Å². The lowest BCUT2D eigenvalue weighted by atomic mass is 10.0. The summed E-state index contributed by atoms with van der Waals surface area (Å²) in [5, 5.41) is 3.21. The Morgan fingerprint density at radius 2 is 1.74 bits per heavy atom. The van der Waals surface area contributed by atoms with Crippen molar-refractivity contribution in [3.05, 3.63) is 60.2 Å². The molecule has 1 atom stereocenters. The van der Waals surface area contributed by atoms with E-state index in [2.05, 4.69) is 5.32 Å². The van der Waals surface area contributed by atoms with Gasteiger partial charge in [0.2, 0.25) is 15.9 Å². The number of rotatable bonds is 9. The highest BCUT2D eigenvalue weighted by atomic mass is 32.2. The molecule has 2 aromatic rings. The number of carbonyl (C=O) groups is 1. The Hall–Kier alpha value is -2.42. The van der Waals surface area contributed by atoms with E-state index in [1.165, 1.54) is 16.4 Å². The first-order valence-corrected chi connectivity index (χ1v) is 12.1. The Balaban J connectivity index is 1.84. The van der Waals surface area contributed by atoms with Gasteiger partial charge >= 0.3 is 0 Å². The van der Waals surface area contributed by atoms with Crippen LogP contribution in [0.5, 0.6) is 5.75 Å². The van der Waals surface area contributed by atoms with E-state index in [9.17, 15) is 13.2 Å². The Bertz CT molecular complexity index is 943. The number of carbonyl (C=O) groups excluding carboxylic acids is 1. The lowest BCUT2D eigenvalue weighted by molar-refractivity contribution is -0.132. The average Bonchev–Trinajstić information content (AvgIpc) is 2.80. The Morgan fingerprint density at radius 1 is 1.10 bits per heavy atom. The van der Waals surface area contributed by atoms with Gasteiger partial charge in [-0.25, -0.2) is 8.42 Å². The molecule has 0 aromatic heterocycles. The maximum Gasteiger partial charge on any atom is 0.243 e. The second-order valence-corrected chi connectivity index (χ2v) is 9.58. The maximum absolute atomic E-state index is 13.5. The molecule has 1 N–H and O–H groups in total. The minimum absolute atomic E-state index is 0.0607. The van der Waals surface area contributed by atoms with E-state index >= 15 is 0 Å². The summed E-state index contributed by atoms with van der Waals surface area (Å²) in [6, 6.07) is 16.1. The third kappa shape index (κ3) is 6.06. The molecule has 1 aliphatic heterocycles. The van der Waals surface area contributed by atoms with Crippen molar-refractivity contribution in [3.63, 3.8) is 0 Å². The Labute approximate surface area is 185 Å². The van der Waals surface area contributed by atoms with Crippen molar-refractivity contribution in [1.29, 1.82) is 0 Å². The summed E-state index contributed by atoms with van der Waals surface area (Å²) in [7, 11) is -3.85.